The molecule has 2 aromatic heterocycles. The highest BCUT2D eigenvalue weighted by molar-refractivity contribution is 7.89. The van der Waals surface area contributed by atoms with Gasteiger partial charge in [-0.1, -0.05) is 29.8 Å². The summed E-state index contributed by atoms with van der Waals surface area (Å²) in [6.45, 7) is 2.92. The standard InChI is InChI=1S/C21H23ClN4O2S/c1-15-9-16(10-17-5-2-3-7-20(17)22)11-21(25-15)18-6-4-8-26(14-18)29(27,28)19-12-23-24-13-19/h2-3,5,7,9,11-13,18H,4,6,8,10,14H2,1H3,(H,23,24)/t18-/m0/s1. The number of pyridine rings is 1. The predicted molar refractivity (Wildman–Crippen MR) is 113 cm³/mol. The van der Waals surface area contributed by atoms with Gasteiger partial charge in [0.25, 0.3) is 0 Å². The van der Waals surface area contributed by atoms with Crippen LogP contribution in [0.25, 0.3) is 0 Å². The summed E-state index contributed by atoms with van der Waals surface area (Å²) in [4.78, 5) is 4.93. The van der Waals surface area contributed by atoms with Crippen molar-refractivity contribution in [1.29, 1.82) is 0 Å². The highest BCUT2D eigenvalue weighted by atomic mass is 35.5. The maximum atomic E-state index is 12.9. The van der Waals surface area contributed by atoms with Gasteiger partial charge in [-0.2, -0.15) is 9.40 Å². The fourth-order valence-electron chi connectivity index (χ4n) is 3.87. The molecule has 1 aromatic carbocycles. The second kappa shape index (κ2) is 8.26. The summed E-state index contributed by atoms with van der Waals surface area (Å²) < 4.78 is 27.3. The second-order valence-electron chi connectivity index (χ2n) is 7.45. The molecular weight excluding hydrogens is 408 g/mol. The normalized spacial score (nSPS) is 18.1. The summed E-state index contributed by atoms with van der Waals surface area (Å²) >= 11 is 6.32. The topological polar surface area (TPSA) is 79.0 Å². The van der Waals surface area contributed by atoms with Crippen molar-refractivity contribution in [2.45, 2.75) is 37.0 Å². The number of benzene rings is 1. The summed E-state index contributed by atoms with van der Waals surface area (Å²) in [5.74, 6) is 0.0651. The Bertz CT molecular complexity index is 1100. The fourth-order valence-corrected chi connectivity index (χ4v) is 5.51. The van der Waals surface area contributed by atoms with Crippen molar-refractivity contribution in [3.8, 4) is 0 Å². The van der Waals surface area contributed by atoms with Crippen molar-refractivity contribution in [3.63, 3.8) is 0 Å². The van der Waals surface area contributed by atoms with Crippen molar-refractivity contribution in [2.75, 3.05) is 13.1 Å². The first kappa shape index (κ1) is 20.1. The molecule has 1 atom stereocenters. The average molecular weight is 431 g/mol. The lowest BCUT2D eigenvalue weighted by molar-refractivity contribution is 0.312. The van der Waals surface area contributed by atoms with E-state index in [0.29, 0.717) is 13.1 Å². The zero-order valence-electron chi connectivity index (χ0n) is 16.2. The number of aryl methyl sites for hydroxylation is 1. The number of hydrogen-bond donors (Lipinski definition) is 1. The Morgan fingerprint density at radius 1 is 1.28 bits per heavy atom. The Kier molecular flexibility index (Phi) is 5.72. The molecule has 0 amide bonds. The van der Waals surface area contributed by atoms with Crippen LogP contribution in [-0.4, -0.2) is 41.0 Å². The fraction of sp³-hybridized carbons (Fsp3) is 0.333. The molecule has 6 nitrogen and oxygen atoms in total. The smallest absolute Gasteiger partial charge is 0.246 e. The van der Waals surface area contributed by atoms with Crippen LogP contribution in [0.1, 0.15) is 41.3 Å². The Balaban J connectivity index is 1.58. The molecule has 0 spiro atoms. The molecule has 1 aliphatic rings. The number of nitrogens with one attached hydrogen (secondary N) is 1. The number of rotatable bonds is 5. The van der Waals surface area contributed by atoms with E-state index in [-0.39, 0.29) is 10.8 Å². The highest BCUT2D eigenvalue weighted by Gasteiger charge is 2.32. The van der Waals surface area contributed by atoms with Crippen LogP contribution in [0, 0.1) is 6.92 Å². The van der Waals surface area contributed by atoms with Gasteiger partial charge in [-0.25, -0.2) is 8.42 Å². The van der Waals surface area contributed by atoms with Crippen LogP contribution in [0.4, 0.5) is 0 Å². The first-order chi connectivity index (χ1) is 13.9. The quantitative estimate of drug-likeness (QED) is 0.665. The van der Waals surface area contributed by atoms with Crippen LogP contribution >= 0.6 is 11.6 Å². The van der Waals surface area contributed by atoms with Gasteiger partial charge in [0.05, 0.1) is 6.20 Å². The number of aromatic amines is 1. The maximum absolute atomic E-state index is 12.9. The minimum atomic E-state index is -3.54. The molecule has 1 fully saturated rings. The second-order valence-corrected chi connectivity index (χ2v) is 9.79. The molecule has 0 aliphatic carbocycles. The molecule has 0 bridgehead atoms. The Morgan fingerprint density at radius 3 is 2.86 bits per heavy atom. The third-order valence-corrected chi connectivity index (χ3v) is 7.50. The van der Waals surface area contributed by atoms with Crippen molar-refractivity contribution in [3.05, 3.63) is 76.3 Å². The van der Waals surface area contributed by atoms with Gasteiger partial charge in [0.1, 0.15) is 4.90 Å². The number of H-pyrrole nitrogens is 1. The van der Waals surface area contributed by atoms with E-state index in [1.165, 1.54) is 12.4 Å². The van der Waals surface area contributed by atoms with E-state index in [0.717, 1.165) is 46.8 Å². The van der Waals surface area contributed by atoms with Crippen molar-refractivity contribution in [1.82, 2.24) is 19.5 Å². The van der Waals surface area contributed by atoms with Crippen LogP contribution < -0.4 is 0 Å². The number of hydrogen-bond acceptors (Lipinski definition) is 4. The molecule has 3 heterocycles. The van der Waals surface area contributed by atoms with Gasteiger partial charge >= 0.3 is 0 Å². The molecule has 3 aromatic rings. The van der Waals surface area contributed by atoms with E-state index in [2.05, 4.69) is 22.3 Å². The number of sulfonamides is 1. The van der Waals surface area contributed by atoms with Crippen LogP contribution in [-0.2, 0) is 16.4 Å². The lowest BCUT2D eigenvalue weighted by Gasteiger charge is -2.31. The first-order valence-electron chi connectivity index (χ1n) is 9.63. The molecule has 0 radical (unpaired) electrons. The van der Waals surface area contributed by atoms with Gasteiger partial charge in [0, 0.05) is 41.6 Å². The van der Waals surface area contributed by atoms with Crippen molar-refractivity contribution in [2.24, 2.45) is 0 Å². The van der Waals surface area contributed by atoms with Crippen LogP contribution in [0.2, 0.25) is 5.02 Å². The molecule has 0 saturated carbocycles. The van der Waals surface area contributed by atoms with Gasteiger partial charge in [0.2, 0.25) is 10.0 Å². The Labute approximate surface area is 176 Å². The minimum absolute atomic E-state index is 0.0651. The monoisotopic (exact) mass is 430 g/mol. The van der Waals surface area contributed by atoms with E-state index >= 15 is 0 Å². The van der Waals surface area contributed by atoms with Gasteiger partial charge in [-0.15, -0.1) is 0 Å². The summed E-state index contributed by atoms with van der Waals surface area (Å²) in [5, 5.41) is 7.11. The van der Waals surface area contributed by atoms with Crippen LogP contribution in [0.15, 0.2) is 53.7 Å². The lowest BCUT2D eigenvalue weighted by atomic mass is 9.93. The molecular formula is C21H23ClN4O2S. The summed E-state index contributed by atoms with van der Waals surface area (Å²) in [7, 11) is -3.54. The Hall–Kier alpha value is -2.22. The molecule has 1 aliphatic heterocycles. The Morgan fingerprint density at radius 2 is 2.10 bits per heavy atom. The zero-order valence-corrected chi connectivity index (χ0v) is 17.7. The van der Waals surface area contributed by atoms with Gasteiger partial charge in [-0.3, -0.25) is 10.1 Å². The van der Waals surface area contributed by atoms with Gasteiger partial charge < -0.3 is 0 Å². The summed E-state index contributed by atoms with van der Waals surface area (Å²) in [6, 6.07) is 12.0. The number of aromatic nitrogens is 3. The van der Waals surface area contributed by atoms with Gasteiger partial charge in [-0.05, 0) is 55.5 Å². The van der Waals surface area contributed by atoms with E-state index in [1.807, 2.05) is 31.2 Å². The number of piperidine rings is 1. The minimum Gasteiger partial charge on any atom is -0.284 e. The third-order valence-electron chi connectivity index (χ3n) is 5.30. The molecule has 1 N–H and O–H groups in total. The van der Waals surface area contributed by atoms with E-state index in [1.54, 1.807) is 4.31 Å². The van der Waals surface area contributed by atoms with E-state index < -0.39 is 10.0 Å². The van der Waals surface area contributed by atoms with Crippen molar-refractivity contribution < 1.29 is 8.42 Å². The molecule has 4 rings (SSSR count). The predicted octanol–water partition coefficient (Wildman–Crippen LogP) is 3.93. The van der Waals surface area contributed by atoms with E-state index in [4.69, 9.17) is 16.6 Å². The molecule has 1 saturated heterocycles. The SMILES string of the molecule is Cc1cc(Cc2ccccc2Cl)cc([C@H]2CCCN(S(=O)(=O)c3cn[nH]c3)C2)n1. The van der Waals surface area contributed by atoms with Crippen molar-refractivity contribution >= 4 is 21.6 Å². The first-order valence-corrected chi connectivity index (χ1v) is 11.4. The van der Waals surface area contributed by atoms with Crippen LogP contribution in [0.3, 0.4) is 0 Å². The zero-order chi connectivity index (χ0) is 20.4. The van der Waals surface area contributed by atoms with Gasteiger partial charge in [0.15, 0.2) is 0 Å². The molecule has 29 heavy (non-hydrogen) atoms. The molecule has 8 heteroatoms. The third kappa shape index (κ3) is 4.37. The lowest BCUT2D eigenvalue weighted by Crippen LogP contribution is -2.39. The summed E-state index contributed by atoms with van der Waals surface area (Å²) in [5.41, 5.74) is 4.08. The summed E-state index contributed by atoms with van der Waals surface area (Å²) in [6.07, 6.45) is 5.22. The van der Waals surface area contributed by atoms with E-state index in [9.17, 15) is 8.42 Å². The number of nitrogens with zero attached hydrogens (tertiary/aromatic N) is 3. The number of halogens is 1. The average Bonchev–Trinajstić information content (AvgIpc) is 3.25. The maximum Gasteiger partial charge on any atom is 0.246 e. The van der Waals surface area contributed by atoms with Crippen LogP contribution in [0.5, 0.6) is 0 Å². The molecule has 152 valence electrons. The largest absolute Gasteiger partial charge is 0.284 e. The highest BCUT2D eigenvalue weighted by Crippen LogP contribution is 2.30. The molecule has 0 unspecified atom stereocenters.